The molecule has 2 aliphatic carbocycles. The van der Waals surface area contributed by atoms with Crippen molar-refractivity contribution in [3.05, 3.63) is 23.8 Å². The number of unbranched alkanes of at least 4 members (excludes halogenated alkanes) is 4. The van der Waals surface area contributed by atoms with E-state index in [-0.39, 0.29) is 0 Å². The topological polar surface area (TPSA) is 25.8 Å². The highest BCUT2D eigenvalue weighted by molar-refractivity contribution is 5.05. The Labute approximate surface area is 187 Å². The Morgan fingerprint density at radius 2 is 1.20 bits per heavy atom. The van der Waals surface area contributed by atoms with Gasteiger partial charge in [0.2, 0.25) is 0 Å². The molecule has 2 saturated carbocycles. The Kier molecular flexibility index (Phi) is 10.7. The van der Waals surface area contributed by atoms with Crippen molar-refractivity contribution in [2.24, 2.45) is 23.7 Å². The van der Waals surface area contributed by atoms with Crippen LogP contribution in [0.3, 0.4) is 0 Å². The van der Waals surface area contributed by atoms with Crippen LogP contribution in [0.4, 0.5) is 0 Å². The molecule has 170 valence electrons. The maximum Gasteiger partial charge on any atom is 0.128 e. The van der Waals surface area contributed by atoms with E-state index in [0.29, 0.717) is 0 Å². The molecule has 0 bridgehead atoms. The molecule has 0 saturated heterocycles. The first-order chi connectivity index (χ1) is 14.8. The Bertz CT molecular complexity index is 551. The lowest BCUT2D eigenvalue weighted by Gasteiger charge is -2.38. The van der Waals surface area contributed by atoms with E-state index in [9.17, 15) is 0 Å². The third-order valence-electron chi connectivity index (χ3n) is 8.25. The summed E-state index contributed by atoms with van der Waals surface area (Å²) in [6, 6.07) is 0. The molecule has 0 atom stereocenters. The van der Waals surface area contributed by atoms with Crippen molar-refractivity contribution in [3.8, 4) is 0 Å². The van der Waals surface area contributed by atoms with Gasteiger partial charge in [0.15, 0.2) is 0 Å². The minimum atomic E-state index is 0.916. The molecule has 2 heteroatoms. The van der Waals surface area contributed by atoms with Crippen LogP contribution < -0.4 is 0 Å². The van der Waals surface area contributed by atoms with Crippen LogP contribution in [-0.2, 0) is 12.8 Å². The maximum absolute atomic E-state index is 4.68. The van der Waals surface area contributed by atoms with Crippen LogP contribution in [0.15, 0.2) is 12.4 Å². The summed E-state index contributed by atoms with van der Waals surface area (Å²) in [5.41, 5.74) is 1.32. The fraction of sp³-hybridized carbons (Fsp3) is 0.857. The van der Waals surface area contributed by atoms with Crippen LogP contribution >= 0.6 is 0 Å². The van der Waals surface area contributed by atoms with Crippen molar-refractivity contribution in [2.75, 3.05) is 0 Å². The summed E-state index contributed by atoms with van der Waals surface area (Å²) in [5.74, 6) is 5.13. The molecule has 2 nitrogen and oxygen atoms in total. The van der Waals surface area contributed by atoms with Crippen LogP contribution in [0.2, 0.25) is 0 Å². The van der Waals surface area contributed by atoms with Gasteiger partial charge in [0, 0.05) is 18.8 Å². The Morgan fingerprint density at radius 1 is 0.633 bits per heavy atom. The van der Waals surface area contributed by atoms with Gasteiger partial charge in [-0.05, 0) is 74.2 Å². The standard InChI is InChI=1S/C28H48N2/c1-3-5-6-7-8-10-25-21-29-28(30-22-25)20-15-24-13-18-27(19-14-24)26-16-11-23(9-4-2)12-17-26/h21-24,26-27H,3-20H2,1-2H3. The predicted octanol–water partition coefficient (Wildman–Crippen LogP) is 8.34. The van der Waals surface area contributed by atoms with E-state index in [1.54, 1.807) is 0 Å². The highest BCUT2D eigenvalue weighted by Crippen LogP contribution is 2.42. The predicted molar refractivity (Wildman–Crippen MR) is 129 cm³/mol. The molecule has 0 aromatic carbocycles. The number of hydrogen-bond donors (Lipinski definition) is 0. The smallest absolute Gasteiger partial charge is 0.128 e. The van der Waals surface area contributed by atoms with E-state index in [1.807, 2.05) is 0 Å². The first kappa shape index (κ1) is 23.7. The minimum Gasteiger partial charge on any atom is -0.241 e. The first-order valence-corrected chi connectivity index (χ1v) is 13.6. The van der Waals surface area contributed by atoms with Gasteiger partial charge in [-0.3, -0.25) is 0 Å². The van der Waals surface area contributed by atoms with E-state index in [2.05, 4.69) is 36.2 Å². The fourth-order valence-electron chi connectivity index (χ4n) is 6.21. The first-order valence-electron chi connectivity index (χ1n) is 13.6. The van der Waals surface area contributed by atoms with Gasteiger partial charge in [-0.1, -0.05) is 78.1 Å². The summed E-state index contributed by atoms with van der Waals surface area (Å²) in [6.45, 7) is 4.62. The molecule has 30 heavy (non-hydrogen) atoms. The van der Waals surface area contributed by atoms with E-state index < -0.39 is 0 Å². The Hall–Kier alpha value is -0.920. The molecule has 0 N–H and O–H groups in total. The molecule has 0 spiro atoms. The molecule has 1 aromatic heterocycles. The molecule has 0 amide bonds. The highest BCUT2D eigenvalue weighted by atomic mass is 14.9. The molecule has 3 rings (SSSR count). The van der Waals surface area contributed by atoms with Gasteiger partial charge in [-0.2, -0.15) is 0 Å². The zero-order valence-electron chi connectivity index (χ0n) is 20.1. The fourth-order valence-corrected chi connectivity index (χ4v) is 6.21. The summed E-state index contributed by atoms with van der Waals surface area (Å²) < 4.78 is 0. The summed E-state index contributed by atoms with van der Waals surface area (Å²) in [5, 5.41) is 0. The molecule has 0 aliphatic heterocycles. The second-order valence-electron chi connectivity index (χ2n) is 10.6. The molecular weight excluding hydrogens is 364 g/mol. The van der Waals surface area contributed by atoms with Crippen molar-refractivity contribution in [1.82, 2.24) is 9.97 Å². The van der Waals surface area contributed by atoms with Gasteiger partial charge in [0.05, 0.1) is 0 Å². The second kappa shape index (κ2) is 13.5. The van der Waals surface area contributed by atoms with Crippen molar-refractivity contribution in [3.63, 3.8) is 0 Å². The summed E-state index contributed by atoms with van der Waals surface area (Å²) >= 11 is 0. The van der Waals surface area contributed by atoms with Crippen molar-refractivity contribution in [2.45, 2.75) is 129 Å². The molecule has 2 fully saturated rings. The van der Waals surface area contributed by atoms with Gasteiger partial charge in [0.1, 0.15) is 5.82 Å². The van der Waals surface area contributed by atoms with Crippen molar-refractivity contribution >= 4 is 0 Å². The SMILES string of the molecule is CCCCCCCc1cnc(CCC2CCC(C3CCC(CCC)CC3)CC2)nc1. The number of aryl methyl sites for hydroxylation is 2. The van der Waals surface area contributed by atoms with Crippen LogP contribution in [0.25, 0.3) is 0 Å². The molecule has 1 aromatic rings. The van der Waals surface area contributed by atoms with Crippen LogP contribution in [-0.4, -0.2) is 9.97 Å². The third-order valence-corrected chi connectivity index (χ3v) is 8.25. The third kappa shape index (κ3) is 7.97. The zero-order chi connectivity index (χ0) is 21.0. The monoisotopic (exact) mass is 412 g/mol. The number of nitrogens with zero attached hydrogens (tertiary/aromatic N) is 2. The average Bonchev–Trinajstić information content (AvgIpc) is 2.79. The van der Waals surface area contributed by atoms with E-state index in [4.69, 9.17) is 0 Å². The Balaban J connectivity index is 1.29. The van der Waals surface area contributed by atoms with Crippen LogP contribution in [0, 0.1) is 23.7 Å². The highest BCUT2D eigenvalue weighted by Gasteiger charge is 2.30. The average molecular weight is 413 g/mol. The van der Waals surface area contributed by atoms with E-state index in [0.717, 1.165) is 42.3 Å². The largest absolute Gasteiger partial charge is 0.241 e. The lowest BCUT2D eigenvalue weighted by Crippen LogP contribution is -2.26. The molecule has 1 heterocycles. The normalized spacial score (nSPS) is 27.3. The van der Waals surface area contributed by atoms with Crippen molar-refractivity contribution in [1.29, 1.82) is 0 Å². The second-order valence-corrected chi connectivity index (χ2v) is 10.6. The quantitative estimate of drug-likeness (QED) is 0.322. The number of aromatic nitrogens is 2. The summed E-state index contributed by atoms with van der Waals surface area (Å²) in [7, 11) is 0. The van der Waals surface area contributed by atoms with Gasteiger partial charge >= 0.3 is 0 Å². The van der Waals surface area contributed by atoms with E-state index in [1.165, 1.54) is 108 Å². The molecule has 0 unspecified atom stereocenters. The van der Waals surface area contributed by atoms with Gasteiger partial charge in [-0.15, -0.1) is 0 Å². The summed E-state index contributed by atoms with van der Waals surface area (Å²) in [6.07, 6.45) is 29.2. The Morgan fingerprint density at radius 3 is 1.77 bits per heavy atom. The minimum absolute atomic E-state index is 0.916. The molecule has 0 radical (unpaired) electrons. The lowest BCUT2D eigenvalue weighted by molar-refractivity contribution is 0.141. The zero-order valence-corrected chi connectivity index (χ0v) is 20.1. The molecule has 2 aliphatic rings. The van der Waals surface area contributed by atoms with E-state index >= 15 is 0 Å². The number of rotatable bonds is 12. The molecular formula is C28H48N2. The van der Waals surface area contributed by atoms with Crippen molar-refractivity contribution < 1.29 is 0 Å². The van der Waals surface area contributed by atoms with Gasteiger partial charge in [-0.25, -0.2) is 9.97 Å². The van der Waals surface area contributed by atoms with Crippen LogP contribution in [0.1, 0.15) is 128 Å². The lowest BCUT2D eigenvalue weighted by atomic mass is 9.68. The van der Waals surface area contributed by atoms with Gasteiger partial charge in [0.25, 0.3) is 0 Å². The number of hydrogen-bond acceptors (Lipinski definition) is 2. The van der Waals surface area contributed by atoms with Gasteiger partial charge < -0.3 is 0 Å². The maximum atomic E-state index is 4.68. The summed E-state index contributed by atoms with van der Waals surface area (Å²) in [4.78, 5) is 9.36. The van der Waals surface area contributed by atoms with Crippen LogP contribution in [0.5, 0.6) is 0 Å².